The summed E-state index contributed by atoms with van der Waals surface area (Å²) in [6, 6.07) is 11.1. The van der Waals surface area contributed by atoms with Gasteiger partial charge in [-0.25, -0.2) is 18.4 Å². The maximum Gasteiger partial charge on any atom is 0.229 e. The largest absolute Gasteiger partial charge is 0.474 e. The average molecular weight is 444 g/mol. The van der Waals surface area contributed by atoms with Crippen LogP contribution in [0.3, 0.4) is 0 Å². The Morgan fingerprint density at radius 3 is 2.68 bits per heavy atom. The van der Waals surface area contributed by atoms with Crippen LogP contribution in [0.5, 0.6) is 5.88 Å². The third-order valence-corrected chi connectivity index (χ3v) is 5.74. The number of piperidine rings is 1. The van der Waals surface area contributed by atoms with Crippen LogP contribution in [0.4, 0.5) is 5.69 Å². The Morgan fingerprint density at radius 2 is 2.00 bits per heavy atom. The van der Waals surface area contributed by atoms with Crippen LogP contribution in [0.25, 0.3) is 11.0 Å². The van der Waals surface area contributed by atoms with Gasteiger partial charge in [-0.3, -0.25) is 9.52 Å². The molecule has 0 unspecified atom stereocenters. The van der Waals surface area contributed by atoms with Crippen LogP contribution in [0.15, 0.2) is 42.6 Å². The Hall–Kier alpha value is -3.14. The topological polar surface area (TPSA) is 117 Å². The summed E-state index contributed by atoms with van der Waals surface area (Å²) >= 11 is 0. The molecule has 31 heavy (non-hydrogen) atoms. The highest BCUT2D eigenvalue weighted by atomic mass is 32.2. The number of imidazole rings is 1. The lowest BCUT2D eigenvalue weighted by molar-refractivity contribution is -0.133. The van der Waals surface area contributed by atoms with Gasteiger partial charge in [-0.05, 0) is 18.2 Å². The minimum absolute atomic E-state index is 0.0272. The summed E-state index contributed by atoms with van der Waals surface area (Å²) in [6.45, 7) is 1.27. The minimum atomic E-state index is -3.34. The highest BCUT2D eigenvalue weighted by molar-refractivity contribution is 7.92. The van der Waals surface area contributed by atoms with Gasteiger partial charge >= 0.3 is 0 Å². The molecular formula is C21H25N5O4S. The first-order valence-electron chi connectivity index (χ1n) is 10.2. The number of carbonyl (C=O) groups excluding carboxylic acids is 1. The number of aromatic nitrogens is 3. The number of para-hydroxylation sites is 2. The van der Waals surface area contributed by atoms with Crippen molar-refractivity contribution < 1.29 is 17.9 Å². The normalized spacial score (nSPS) is 15.2. The molecule has 2 aromatic heterocycles. The van der Waals surface area contributed by atoms with E-state index in [0.717, 1.165) is 36.0 Å². The summed E-state index contributed by atoms with van der Waals surface area (Å²) in [5.74, 6) is 1.38. The first kappa shape index (κ1) is 21.1. The molecule has 3 heterocycles. The van der Waals surface area contributed by atoms with E-state index in [4.69, 9.17) is 4.74 Å². The summed E-state index contributed by atoms with van der Waals surface area (Å²) in [4.78, 5) is 26.4. The highest BCUT2D eigenvalue weighted by Gasteiger charge is 2.24. The third-order valence-electron chi connectivity index (χ3n) is 5.14. The van der Waals surface area contributed by atoms with Crippen LogP contribution in [0.2, 0.25) is 0 Å². The van der Waals surface area contributed by atoms with Crippen molar-refractivity contribution in [3.63, 3.8) is 0 Å². The SMILES string of the molecule is CS(=O)(=O)Nc1ccc(OC2CCN(C(=O)CCc3nc4ccccc4[nH]3)CC2)nc1. The van der Waals surface area contributed by atoms with E-state index in [2.05, 4.69) is 19.7 Å². The second kappa shape index (κ2) is 8.93. The Kier molecular flexibility index (Phi) is 6.08. The van der Waals surface area contributed by atoms with Crippen LogP contribution < -0.4 is 9.46 Å². The molecule has 1 fully saturated rings. The fourth-order valence-electron chi connectivity index (χ4n) is 3.63. The lowest BCUT2D eigenvalue weighted by Crippen LogP contribution is -2.42. The number of hydrogen-bond donors (Lipinski definition) is 2. The lowest BCUT2D eigenvalue weighted by Gasteiger charge is -2.32. The van der Waals surface area contributed by atoms with Gasteiger partial charge in [-0.1, -0.05) is 12.1 Å². The Balaban J connectivity index is 1.23. The number of anilines is 1. The zero-order valence-electron chi connectivity index (χ0n) is 17.2. The number of amides is 1. The van der Waals surface area contributed by atoms with Gasteiger partial charge in [0.2, 0.25) is 21.8 Å². The number of aryl methyl sites for hydroxylation is 1. The van der Waals surface area contributed by atoms with Gasteiger partial charge in [-0.15, -0.1) is 0 Å². The molecule has 0 bridgehead atoms. The Bertz CT molecular complexity index is 1120. The number of likely N-dealkylation sites (tertiary alicyclic amines) is 1. The number of rotatable bonds is 7. The summed E-state index contributed by atoms with van der Waals surface area (Å²) in [5.41, 5.74) is 2.29. The van der Waals surface area contributed by atoms with Gasteiger partial charge in [0, 0.05) is 44.8 Å². The second-order valence-electron chi connectivity index (χ2n) is 7.66. The van der Waals surface area contributed by atoms with Gasteiger partial charge in [0.1, 0.15) is 11.9 Å². The molecule has 3 aromatic rings. The van der Waals surface area contributed by atoms with E-state index in [1.807, 2.05) is 29.2 Å². The number of benzene rings is 1. The van der Waals surface area contributed by atoms with Crippen LogP contribution >= 0.6 is 0 Å². The third kappa shape index (κ3) is 5.72. The molecule has 0 atom stereocenters. The number of hydrogen-bond acceptors (Lipinski definition) is 6. The maximum atomic E-state index is 12.6. The fourth-order valence-corrected chi connectivity index (χ4v) is 4.17. The lowest BCUT2D eigenvalue weighted by atomic mass is 10.1. The molecule has 1 saturated heterocycles. The highest BCUT2D eigenvalue weighted by Crippen LogP contribution is 2.20. The van der Waals surface area contributed by atoms with E-state index in [0.29, 0.717) is 37.5 Å². The van der Waals surface area contributed by atoms with Crippen molar-refractivity contribution in [3.05, 3.63) is 48.4 Å². The van der Waals surface area contributed by atoms with E-state index in [-0.39, 0.29) is 12.0 Å². The summed E-state index contributed by atoms with van der Waals surface area (Å²) in [7, 11) is -3.34. The van der Waals surface area contributed by atoms with Crippen molar-refractivity contribution in [3.8, 4) is 5.88 Å². The smallest absolute Gasteiger partial charge is 0.229 e. The maximum absolute atomic E-state index is 12.6. The molecule has 10 heteroatoms. The summed E-state index contributed by atoms with van der Waals surface area (Å²) in [5, 5.41) is 0. The van der Waals surface area contributed by atoms with Crippen molar-refractivity contribution in [2.75, 3.05) is 24.1 Å². The van der Waals surface area contributed by atoms with E-state index in [1.165, 1.54) is 6.20 Å². The van der Waals surface area contributed by atoms with Crippen LogP contribution in [0.1, 0.15) is 25.1 Å². The fraction of sp³-hybridized carbons (Fsp3) is 0.381. The number of sulfonamides is 1. The van der Waals surface area contributed by atoms with Gasteiger partial charge in [0.15, 0.2) is 0 Å². The number of nitrogens with one attached hydrogen (secondary N) is 2. The number of aromatic amines is 1. The van der Waals surface area contributed by atoms with Crippen molar-refractivity contribution in [2.45, 2.75) is 31.8 Å². The molecule has 9 nitrogen and oxygen atoms in total. The van der Waals surface area contributed by atoms with E-state index >= 15 is 0 Å². The number of pyridine rings is 1. The predicted molar refractivity (Wildman–Crippen MR) is 117 cm³/mol. The quantitative estimate of drug-likeness (QED) is 0.579. The number of nitrogens with zero attached hydrogens (tertiary/aromatic N) is 3. The molecule has 4 rings (SSSR count). The van der Waals surface area contributed by atoms with E-state index in [1.54, 1.807) is 12.1 Å². The number of carbonyl (C=O) groups is 1. The number of H-pyrrole nitrogens is 1. The van der Waals surface area contributed by atoms with Crippen LogP contribution in [-0.2, 0) is 21.2 Å². The number of fused-ring (bicyclic) bond motifs is 1. The molecule has 0 aliphatic carbocycles. The molecule has 164 valence electrons. The first-order chi connectivity index (χ1) is 14.9. The van der Waals surface area contributed by atoms with Crippen molar-refractivity contribution in [2.24, 2.45) is 0 Å². The standard InChI is InChI=1S/C21H25N5O4S/c1-31(28,29)25-15-6-8-20(22-14-15)30-16-10-12-26(13-11-16)21(27)9-7-19-23-17-4-2-3-5-18(17)24-19/h2-6,8,14,16,25H,7,9-13H2,1H3,(H,23,24). The Labute approximate surface area is 180 Å². The first-order valence-corrected chi connectivity index (χ1v) is 12.1. The molecule has 2 N–H and O–H groups in total. The number of ether oxygens (including phenoxy) is 1. The molecule has 0 spiro atoms. The zero-order valence-corrected chi connectivity index (χ0v) is 18.1. The van der Waals surface area contributed by atoms with Crippen LogP contribution in [-0.4, -0.2) is 59.6 Å². The minimum Gasteiger partial charge on any atom is -0.474 e. The molecule has 0 saturated carbocycles. The second-order valence-corrected chi connectivity index (χ2v) is 9.41. The summed E-state index contributed by atoms with van der Waals surface area (Å²) < 4.78 is 30.8. The zero-order chi connectivity index (χ0) is 21.8. The molecule has 1 aromatic carbocycles. The van der Waals surface area contributed by atoms with Crippen LogP contribution in [0, 0.1) is 0 Å². The predicted octanol–water partition coefficient (Wildman–Crippen LogP) is 2.33. The monoisotopic (exact) mass is 443 g/mol. The van der Waals surface area contributed by atoms with E-state index in [9.17, 15) is 13.2 Å². The molecule has 1 aliphatic heterocycles. The molecule has 1 amide bonds. The van der Waals surface area contributed by atoms with E-state index < -0.39 is 10.0 Å². The average Bonchev–Trinajstić information content (AvgIpc) is 3.16. The summed E-state index contributed by atoms with van der Waals surface area (Å²) in [6.07, 6.45) is 4.93. The Morgan fingerprint density at radius 1 is 1.23 bits per heavy atom. The molecular weight excluding hydrogens is 418 g/mol. The van der Waals surface area contributed by atoms with Gasteiger partial charge in [0.25, 0.3) is 0 Å². The van der Waals surface area contributed by atoms with Crippen molar-refractivity contribution in [1.29, 1.82) is 0 Å². The molecule has 1 aliphatic rings. The molecule has 0 radical (unpaired) electrons. The van der Waals surface area contributed by atoms with Crippen molar-refractivity contribution in [1.82, 2.24) is 19.9 Å². The van der Waals surface area contributed by atoms with Gasteiger partial charge in [-0.2, -0.15) is 0 Å². The van der Waals surface area contributed by atoms with Crippen molar-refractivity contribution >= 4 is 32.7 Å². The van der Waals surface area contributed by atoms with Gasteiger partial charge in [0.05, 0.1) is 29.2 Å². The van der Waals surface area contributed by atoms with Gasteiger partial charge < -0.3 is 14.6 Å².